The van der Waals surface area contributed by atoms with Crippen LogP contribution in [0.15, 0.2) is 53.4 Å². The third-order valence-corrected chi connectivity index (χ3v) is 7.97. The Bertz CT molecular complexity index is 1060. The Kier molecular flexibility index (Phi) is 7.46. The van der Waals surface area contributed by atoms with Gasteiger partial charge in [0.2, 0.25) is 5.91 Å². The van der Waals surface area contributed by atoms with Gasteiger partial charge in [-0.3, -0.25) is 14.6 Å². The van der Waals surface area contributed by atoms with Gasteiger partial charge in [-0.15, -0.1) is 0 Å². The van der Waals surface area contributed by atoms with E-state index in [4.69, 9.17) is 0 Å². The number of benzene rings is 2. The fourth-order valence-corrected chi connectivity index (χ4v) is 5.84. The predicted octanol–water partition coefficient (Wildman–Crippen LogP) is 2.58. The lowest BCUT2D eigenvalue weighted by Gasteiger charge is -2.43. The van der Waals surface area contributed by atoms with Crippen LogP contribution in [0.5, 0.6) is 0 Å². The van der Waals surface area contributed by atoms with Gasteiger partial charge in [0, 0.05) is 45.0 Å². The summed E-state index contributed by atoms with van der Waals surface area (Å²) in [5, 5.41) is 0. The highest BCUT2D eigenvalue weighted by atomic mass is 32.2. The van der Waals surface area contributed by atoms with Crippen LogP contribution < -0.4 is 0 Å². The maximum atomic E-state index is 13.1. The van der Waals surface area contributed by atoms with Gasteiger partial charge in [-0.25, -0.2) is 12.8 Å². The summed E-state index contributed by atoms with van der Waals surface area (Å²) >= 11 is 0. The molecule has 2 saturated heterocycles. The molecule has 178 valence electrons. The quantitative estimate of drug-likeness (QED) is 0.646. The number of sulfone groups is 1. The molecule has 2 aromatic rings. The summed E-state index contributed by atoms with van der Waals surface area (Å²) < 4.78 is 37.2. The smallest absolute Gasteiger partial charge is 0.227 e. The summed E-state index contributed by atoms with van der Waals surface area (Å²) in [6.45, 7) is 5.72. The van der Waals surface area contributed by atoms with Crippen molar-refractivity contribution >= 4 is 15.7 Å². The lowest BCUT2D eigenvalue weighted by atomic mass is 10.0. The lowest BCUT2D eigenvalue weighted by Crippen LogP contribution is -2.54. The molecule has 0 aliphatic carbocycles. The largest absolute Gasteiger partial charge is 0.340 e. The van der Waals surface area contributed by atoms with E-state index >= 15 is 0 Å². The lowest BCUT2D eigenvalue weighted by molar-refractivity contribution is -0.132. The summed E-state index contributed by atoms with van der Waals surface area (Å²) in [5.74, 6) is -0.189. The molecule has 2 fully saturated rings. The minimum absolute atomic E-state index is 0.0978. The molecule has 2 heterocycles. The second-order valence-corrected chi connectivity index (χ2v) is 11.1. The number of likely N-dealkylation sites (tertiary alicyclic amines) is 1. The van der Waals surface area contributed by atoms with Crippen LogP contribution in [0.2, 0.25) is 0 Å². The molecule has 2 aliphatic heterocycles. The summed E-state index contributed by atoms with van der Waals surface area (Å²) in [7, 11) is -3.23. The van der Waals surface area contributed by atoms with Crippen molar-refractivity contribution in [2.24, 2.45) is 0 Å². The van der Waals surface area contributed by atoms with E-state index in [1.54, 1.807) is 24.3 Å². The van der Waals surface area contributed by atoms with Crippen molar-refractivity contribution < 1.29 is 17.6 Å². The maximum Gasteiger partial charge on any atom is 0.227 e. The predicted molar refractivity (Wildman–Crippen MR) is 126 cm³/mol. The van der Waals surface area contributed by atoms with E-state index < -0.39 is 9.84 Å². The maximum absolute atomic E-state index is 13.1. The van der Waals surface area contributed by atoms with Crippen LogP contribution >= 0.6 is 0 Å². The number of halogens is 1. The Labute approximate surface area is 195 Å². The molecule has 0 unspecified atom stereocenters. The third kappa shape index (κ3) is 6.19. The number of nitrogens with zero attached hydrogens (tertiary/aromatic N) is 3. The number of piperidine rings is 1. The first-order valence-electron chi connectivity index (χ1n) is 11.6. The van der Waals surface area contributed by atoms with E-state index in [0.717, 1.165) is 63.2 Å². The van der Waals surface area contributed by atoms with Gasteiger partial charge in [0.15, 0.2) is 9.84 Å². The van der Waals surface area contributed by atoms with Crippen molar-refractivity contribution in [3.63, 3.8) is 0 Å². The molecule has 8 heteroatoms. The van der Waals surface area contributed by atoms with E-state index in [1.807, 2.05) is 17.0 Å². The van der Waals surface area contributed by atoms with Crippen LogP contribution in [0.4, 0.5) is 4.39 Å². The van der Waals surface area contributed by atoms with Crippen LogP contribution in [0, 0.1) is 5.82 Å². The molecule has 0 N–H and O–H groups in total. The molecule has 0 atom stereocenters. The molecular weight excluding hydrogens is 441 g/mol. The van der Waals surface area contributed by atoms with E-state index in [2.05, 4.69) is 9.80 Å². The molecule has 0 radical (unpaired) electrons. The molecule has 0 saturated carbocycles. The summed E-state index contributed by atoms with van der Waals surface area (Å²) in [6, 6.07) is 13.9. The Hall–Kier alpha value is -2.29. The Morgan fingerprint density at radius 3 is 2.21 bits per heavy atom. The fraction of sp³-hybridized carbons (Fsp3) is 0.480. The highest BCUT2D eigenvalue weighted by Gasteiger charge is 2.29. The topological polar surface area (TPSA) is 60.9 Å². The molecule has 0 aromatic heterocycles. The molecule has 0 bridgehead atoms. The normalized spacial score (nSPS) is 19.0. The van der Waals surface area contributed by atoms with Crippen LogP contribution in [0.1, 0.15) is 24.0 Å². The first-order chi connectivity index (χ1) is 15.8. The standard InChI is InChI=1S/C25H32FN3O3S/c1-33(31,32)24-5-3-2-4-21(24)19-27-12-10-23(11-13-27)28-14-16-29(17-15-28)25(30)18-20-6-8-22(26)9-7-20/h2-9,23H,10-19H2,1H3. The van der Waals surface area contributed by atoms with E-state index in [9.17, 15) is 17.6 Å². The van der Waals surface area contributed by atoms with E-state index in [1.165, 1.54) is 18.4 Å². The summed E-state index contributed by atoms with van der Waals surface area (Å²) in [5.41, 5.74) is 1.71. The van der Waals surface area contributed by atoms with Gasteiger partial charge in [0.1, 0.15) is 5.82 Å². The fourth-order valence-electron chi connectivity index (χ4n) is 4.90. The van der Waals surface area contributed by atoms with Crippen LogP contribution in [-0.2, 0) is 27.6 Å². The van der Waals surface area contributed by atoms with Crippen LogP contribution in [-0.4, -0.2) is 80.6 Å². The van der Waals surface area contributed by atoms with Crippen molar-refractivity contribution in [2.45, 2.75) is 36.7 Å². The van der Waals surface area contributed by atoms with E-state index in [0.29, 0.717) is 23.9 Å². The first kappa shape index (κ1) is 23.9. The number of hydrogen-bond acceptors (Lipinski definition) is 5. The van der Waals surface area contributed by atoms with Gasteiger partial charge < -0.3 is 4.90 Å². The van der Waals surface area contributed by atoms with Crippen molar-refractivity contribution in [1.82, 2.24) is 14.7 Å². The monoisotopic (exact) mass is 473 g/mol. The van der Waals surface area contributed by atoms with Gasteiger partial charge in [-0.05, 0) is 55.3 Å². The van der Waals surface area contributed by atoms with Crippen LogP contribution in [0.25, 0.3) is 0 Å². The molecule has 6 nitrogen and oxygen atoms in total. The molecule has 2 aromatic carbocycles. The minimum atomic E-state index is -3.23. The number of hydrogen-bond donors (Lipinski definition) is 0. The number of piperazine rings is 1. The zero-order valence-corrected chi connectivity index (χ0v) is 19.9. The van der Waals surface area contributed by atoms with Crippen molar-refractivity contribution in [1.29, 1.82) is 0 Å². The number of carbonyl (C=O) groups is 1. The van der Waals surface area contributed by atoms with Crippen LogP contribution in [0.3, 0.4) is 0 Å². The van der Waals surface area contributed by atoms with Crippen molar-refractivity contribution in [2.75, 3.05) is 45.5 Å². The summed E-state index contributed by atoms with van der Waals surface area (Å²) in [4.78, 5) is 19.8. The highest BCUT2D eigenvalue weighted by Crippen LogP contribution is 2.23. The molecule has 0 spiro atoms. The number of carbonyl (C=O) groups excluding carboxylic acids is 1. The minimum Gasteiger partial charge on any atom is -0.340 e. The molecule has 2 aliphatic rings. The molecular formula is C25H32FN3O3S. The Morgan fingerprint density at radius 1 is 0.939 bits per heavy atom. The average molecular weight is 474 g/mol. The number of amides is 1. The molecule has 33 heavy (non-hydrogen) atoms. The SMILES string of the molecule is CS(=O)(=O)c1ccccc1CN1CCC(N2CCN(C(=O)Cc3ccc(F)cc3)CC2)CC1. The molecule has 4 rings (SSSR count). The highest BCUT2D eigenvalue weighted by molar-refractivity contribution is 7.90. The van der Waals surface area contributed by atoms with Gasteiger partial charge in [-0.2, -0.15) is 0 Å². The molecule has 1 amide bonds. The van der Waals surface area contributed by atoms with Gasteiger partial charge in [0.05, 0.1) is 11.3 Å². The zero-order chi connectivity index (χ0) is 23.4. The number of rotatable bonds is 6. The zero-order valence-electron chi connectivity index (χ0n) is 19.1. The van der Waals surface area contributed by atoms with Crippen molar-refractivity contribution in [3.05, 3.63) is 65.5 Å². The first-order valence-corrected chi connectivity index (χ1v) is 13.5. The van der Waals surface area contributed by atoms with Gasteiger partial charge in [-0.1, -0.05) is 30.3 Å². The average Bonchev–Trinajstić information content (AvgIpc) is 2.81. The van der Waals surface area contributed by atoms with Gasteiger partial charge >= 0.3 is 0 Å². The van der Waals surface area contributed by atoms with E-state index in [-0.39, 0.29) is 11.7 Å². The summed E-state index contributed by atoms with van der Waals surface area (Å²) in [6.07, 6.45) is 3.67. The Balaban J connectivity index is 1.24. The Morgan fingerprint density at radius 2 is 1.58 bits per heavy atom. The second-order valence-electron chi connectivity index (χ2n) is 9.11. The van der Waals surface area contributed by atoms with Crippen molar-refractivity contribution in [3.8, 4) is 0 Å². The van der Waals surface area contributed by atoms with Gasteiger partial charge in [0.25, 0.3) is 0 Å². The third-order valence-electron chi connectivity index (χ3n) is 6.78. The second kappa shape index (κ2) is 10.3.